The molecule has 0 fully saturated rings. The molecular formula is C20H15BrCl2N4O2. The van der Waals surface area contributed by atoms with Crippen LogP contribution in [-0.2, 0) is 17.8 Å². The lowest BCUT2D eigenvalue weighted by Gasteiger charge is -2.02. The van der Waals surface area contributed by atoms with Gasteiger partial charge in [0.2, 0.25) is 5.91 Å². The lowest BCUT2D eigenvalue weighted by atomic mass is 10.2. The molecule has 0 atom stereocenters. The number of pyridine rings is 1. The number of carbonyl (C=O) groups is 1. The van der Waals surface area contributed by atoms with Gasteiger partial charge in [-0.25, -0.2) is 9.97 Å². The maximum absolute atomic E-state index is 12.2. The minimum atomic E-state index is -0.104. The molecule has 1 N–H and O–H groups in total. The van der Waals surface area contributed by atoms with Gasteiger partial charge in [0.05, 0.1) is 23.5 Å². The van der Waals surface area contributed by atoms with Crippen molar-refractivity contribution in [2.75, 3.05) is 0 Å². The lowest BCUT2D eigenvalue weighted by Crippen LogP contribution is -2.23. The van der Waals surface area contributed by atoms with E-state index in [1.807, 2.05) is 28.9 Å². The van der Waals surface area contributed by atoms with E-state index < -0.39 is 0 Å². The lowest BCUT2D eigenvalue weighted by molar-refractivity contribution is -0.121. The number of benzene rings is 1. The van der Waals surface area contributed by atoms with E-state index in [0.29, 0.717) is 40.2 Å². The maximum atomic E-state index is 12.2. The molecule has 6 nitrogen and oxygen atoms in total. The first-order chi connectivity index (χ1) is 14.0. The molecule has 1 amide bonds. The third kappa shape index (κ3) is 4.80. The smallest absolute Gasteiger partial charge is 0.220 e. The Kier molecular flexibility index (Phi) is 5.89. The Labute approximate surface area is 185 Å². The second kappa shape index (κ2) is 8.57. The first-order valence-electron chi connectivity index (χ1n) is 8.78. The molecule has 29 heavy (non-hydrogen) atoms. The average Bonchev–Trinajstić information content (AvgIpc) is 3.31. The van der Waals surface area contributed by atoms with Gasteiger partial charge in [-0.3, -0.25) is 4.79 Å². The molecule has 148 valence electrons. The summed E-state index contributed by atoms with van der Waals surface area (Å²) in [6.45, 7) is 0.356. The number of imidazole rings is 1. The summed E-state index contributed by atoms with van der Waals surface area (Å²) in [6, 6.07) is 8.98. The van der Waals surface area contributed by atoms with Gasteiger partial charge in [0.25, 0.3) is 0 Å². The molecule has 0 aliphatic carbocycles. The number of hydrogen-bond donors (Lipinski definition) is 1. The fourth-order valence-electron chi connectivity index (χ4n) is 2.84. The Balaban J connectivity index is 1.32. The van der Waals surface area contributed by atoms with Crippen molar-refractivity contribution in [1.82, 2.24) is 19.7 Å². The monoisotopic (exact) mass is 492 g/mol. The van der Waals surface area contributed by atoms with Gasteiger partial charge < -0.3 is 14.1 Å². The van der Waals surface area contributed by atoms with E-state index in [9.17, 15) is 4.79 Å². The van der Waals surface area contributed by atoms with Gasteiger partial charge in [0.15, 0.2) is 11.7 Å². The maximum Gasteiger partial charge on any atom is 0.220 e. The number of nitrogens with one attached hydrogen (secondary N) is 1. The standard InChI is InChI=1S/C20H15BrCl2N4O2/c21-12-1-4-18-26-14(11-27(18)10-12)8-24-19(28)5-6-20-25-9-17(29-20)15-3-2-13(22)7-16(15)23/h1-4,7,9-11H,5-6,8H2,(H,24,28). The first kappa shape index (κ1) is 19.9. The van der Waals surface area contributed by atoms with Crippen LogP contribution in [0.2, 0.25) is 10.0 Å². The Bertz CT molecular complexity index is 1190. The van der Waals surface area contributed by atoms with Crippen LogP contribution in [0.5, 0.6) is 0 Å². The first-order valence-corrected chi connectivity index (χ1v) is 10.3. The number of hydrogen-bond acceptors (Lipinski definition) is 4. The highest BCUT2D eigenvalue weighted by molar-refractivity contribution is 9.10. The summed E-state index contributed by atoms with van der Waals surface area (Å²) < 4.78 is 8.58. The predicted molar refractivity (Wildman–Crippen MR) is 115 cm³/mol. The van der Waals surface area contributed by atoms with E-state index in [2.05, 4.69) is 31.2 Å². The summed E-state index contributed by atoms with van der Waals surface area (Å²) in [5.74, 6) is 0.907. The highest BCUT2D eigenvalue weighted by atomic mass is 79.9. The van der Waals surface area contributed by atoms with Crippen LogP contribution in [0, 0.1) is 0 Å². The van der Waals surface area contributed by atoms with Crippen LogP contribution in [0.25, 0.3) is 17.0 Å². The highest BCUT2D eigenvalue weighted by Gasteiger charge is 2.12. The molecule has 0 bridgehead atoms. The zero-order valence-corrected chi connectivity index (χ0v) is 18.1. The fourth-order valence-corrected chi connectivity index (χ4v) is 3.69. The van der Waals surface area contributed by atoms with Crippen molar-refractivity contribution in [3.8, 4) is 11.3 Å². The largest absolute Gasteiger partial charge is 0.441 e. The molecule has 0 saturated carbocycles. The van der Waals surface area contributed by atoms with Gasteiger partial charge in [0, 0.05) is 40.3 Å². The SMILES string of the molecule is O=C(CCc1ncc(-c2ccc(Cl)cc2Cl)o1)NCc1cn2cc(Br)ccc2n1. The van der Waals surface area contributed by atoms with E-state index in [4.69, 9.17) is 27.6 Å². The fraction of sp³-hybridized carbons (Fsp3) is 0.150. The normalized spacial score (nSPS) is 11.1. The average molecular weight is 494 g/mol. The molecule has 0 saturated heterocycles. The summed E-state index contributed by atoms with van der Waals surface area (Å²) >= 11 is 15.5. The summed E-state index contributed by atoms with van der Waals surface area (Å²) in [5, 5.41) is 3.90. The minimum absolute atomic E-state index is 0.104. The number of rotatable bonds is 6. The van der Waals surface area contributed by atoms with Crippen LogP contribution >= 0.6 is 39.1 Å². The van der Waals surface area contributed by atoms with Crippen molar-refractivity contribution in [2.45, 2.75) is 19.4 Å². The molecule has 4 rings (SSSR count). The van der Waals surface area contributed by atoms with Crippen molar-refractivity contribution in [2.24, 2.45) is 0 Å². The molecule has 0 unspecified atom stereocenters. The number of aromatic nitrogens is 3. The zero-order chi connectivity index (χ0) is 20.4. The number of nitrogens with zero attached hydrogens (tertiary/aromatic N) is 3. The van der Waals surface area contributed by atoms with E-state index in [0.717, 1.165) is 15.8 Å². The number of oxazole rings is 1. The van der Waals surface area contributed by atoms with Crippen LogP contribution in [0.4, 0.5) is 0 Å². The Hall–Kier alpha value is -2.35. The Morgan fingerprint density at radius 1 is 1.21 bits per heavy atom. The zero-order valence-electron chi connectivity index (χ0n) is 15.0. The molecule has 0 spiro atoms. The molecule has 3 heterocycles. The van der Waals surface area contributed by atoms with E-state index >= 15 is 0 Å². The number of fused-ring (bicyclic) bond motifs is 1. The molecule has 4 aromatic rings. The summed E-state index contributed by atoms with van der Waals surface area (Å²) in [7, 11) is 0. The van der Waals surface area contributed by atoms with Crippen LogP contribution < -0.4 is 5.32 Å². The second-order valence-corrected chi connectivity index (χ2v) is 8.12. The van der Waals surface area contributed by atoms with Crippen molar-refractivity contribution in [1.29, 1.82) is 0 Å². The molecule has 1 aromatic carbocycles. The van der Waals surface area contributed by atoms with Crippen molar-refractivity contribution < 1.29 is 9.21 Å². The van der Waals surface area contributed by atoms with Gasteiger partial charge in [-0.1, -0.05) is 23.2 Å². The number of halogens is 3. The molecule has 0 aliphatic heterocycles. The third-order valence-electron chi connectivity index (χ3n) is 4.25. The Morgan fingerprint density at radius 3 is 2.90 bits per heavy atom. The molecule has 0 radical (unpaired) electrons. The third-order valence-corrected chi connectivity index (χ3v) is 5.26. The highest BCUT2D eigenvalue weighted by Crippen LogP contribution is 2.30. The van der Waals surface area contributed by atoms with Crippen molar-refractivity contribution in [3.63, 3.8) is 0 Å². The van der Waals surface area contributed by atoms with Crippen LogP contribution in [0.15, 0.2) is 57.8 Å². The van der Waals surface area contributed by atoms with Crippen molar-refractivity contribution >= 4 is 50.7 Å². The minimum Gasteiger partial charge on any atom is -0.441 e. The second-order valence-electron chi connectivity index (χ2n) is 6.36. The summed E-state index contributed by atoms with van der Waals surface area (Å²) in [4.78, 5) is 20.9. The van der Waals surface area contributed by atoms with E-state index in [1.54, 1.807) is 24.4 Å². The van der Waals surface area contributed by atoms with E-state index in [1.165, 1.54) is 0 Å². The quantitative estimate of drug-likeness (QED) is 0.395. The Morgan fingerprint density at radius 2 is 2.07 bits per heavy atom. The number of amides is 1. The predicted octanol–water partition coefficient (Wildman–Crippen LogP) is 5.31. The molecule has 0 aliphatic rings. The van der Waals surface area contributed by atoms with Gasteiger partial charge in [-0.05, 0) is 46.3 Å². The summed E-state index contributed by atoms with van der Waals surface area (Å²) in [5.41, 5.74) is 2.32. The van der Waals surface area contributed by atoms with E-state index in [-0.39, 0.29) is 12.3 Å². The van der Waals surface area contributed by atoms with Crippen molar-refractivity contribution in [3.05, 3.63) is 75.0 Å². The molecule has 9 heteroatoms. The van der Waals surface area contributed by atoms with Crippen LogP contribution in [-0.4, -0.2) is 20.3 Å². The van der Waals surface area contributed by atoms with Crippen LogP contribution in [0.1, 0.15) is 18.0 Å². The topological polar surface area (TPSA) is 72.4 Å². The molecule has 3 aromatic heterocycles. The van der Waals surface area contributed by atoms with Crippen LogP contribution in [0.3, 0.4) is 0 Å². The molecular weight excluding hydrogens is 479 g/mol. The van der Waals surface area contributed by atoms with Gasteiger partial charge in [-0.15, -0.1) is 0 Å². The number of aryl methyl sites for hydroxylation is 1. The number of carbonyl (C=O) groups excluding carboxylic acids is 1. The van der Waals surface area contributed by atoms with Gasteiger partial charge in [-0.2, -0.15) is 0 Å². The summed E-state index contributed by atoms with van der Waals surface area (Å²) in [6.07, 6.45) is 6.04. The van der Waals surface area contributed by atoms with Gasteiger partial charge in [0.1, 0.15) is 5.65 Å². The van der Waals surface area contributed by atoms with Gasteiger partial charge >= 0.3 is 0 Å².